The third-order valence-electron chi connectivity index (χ3n) is 6.07. The van der Waals surface area contributed by atoms with Gasteiger partial charge in [0.1, 0.15) is 18.8 Å². The maximum Gasteiger partial charge on any atom is 0.105 e. The summed E-state index contributed by atoms with van der Waals surface area (Å²) < 4.78 is 2.29. The first-order valence-corrected chi connectivity index (χ1v) is 11.0. The zero-order chi connectivity index (χ0) is 20.0. The summed E-state index contributed by atoms with van der Waals surface area (Å²) in [5.41, 5.74) is 1.60. The molecule has 0 aliphatic carbocycles. The van der Waals surface area contributed by atoms with Gasteiger partial charge >= 0.3 is 0 Å². The lowest BCUT2D eigenvalue weighted by molar-refractivity contribution is -0.921. The van der Waals surface area contributed by atoms with Crippen molar-refractivity contribution in [3.63, 3.8) is 0 Å². The van der Waals surface area contributed by atoms with Gasteiger partial charge in [0.25, 0.3) is 0 Å². The molecule has 0 saturated carbocycles. The quantitative estimate of drug-likeness (QED) is 0.348. The van der Waals surface area contributed by atoms with E-state index < -0.39 is 0 Å². The number of hydrogen-bond donors (Lipinski definition) is 0. The van der Waals surface area contributed by atoms with E-state index in [9.17, 15) is 0 Å². The minimum atomic E-state index is 0. The molecular weight excluding hydrogens is 399 g/mol. The van der Waals surface area contributed by atoms with E-state index >= 15 is 0 Å². The van der Waals surface area contributed by atoms with Crippen molar-refractivity contribution < 1.29 is 33.8 Å². The Morgan fingerprint density at radius 3 is 1.62 bits per heavy atom. The van der Waals surface area contributed by atoms with Crippen molar-refractivity contribution in [2.45, 2.75) is 51.9 Å². The van der Waals surface area contributed by atoms with Crippen molar-refractivity contribution in [1.82, 2.24) is 0 Å². The fourth-order valence-electron chi connectivity index (χ4n) is 4.79. The fourth-order valence-corrected chi connectivity index (χ4v) is 4.79. The van der Waals surface area contributed by atoms with Crippen LogP contribution in [0, 0.1) is 0 Å². The van der Waals surface area contributed by atoms with Crippen LogP contribution in [0.4, 0.5) is 0 Å². The van der Waals surface area contributed by atoms with Crippen LogP contribution in [-0.2, 0) is 0 Å². The maximum atomic E-state index is 3.90. The van der Waals surface area contributed by atoms with Gasteiger partial charge in [-0.25, -0.2) is 0 Å². The second-order valence-corrected chi connectivity index (χ2v) is 8.16. The Bertz CT molecular complexity index is 483. The summed E-state index contributed by atoms with van der Waals surface area (Å²) in [5, 5.41) is 0. The van der Waals surface area contributed by atoms with E-state index in [1.165, 1.54) is 62.6 Å². The monoisotopic (exact) mass is 442 g/mol. The topological polar surface area (TPSA) is 0 Å². The van der Waals surface area contributed by atoms with Crippen molar-refractivity contribution in [3.8, 4) is 0 Å². The number of quaternary nitrogens is 2. The average Bonchev–Trinajstić information content (AvgIpc) is 2.66. The van der Waals surface area contributed by atoms with Gasteiger partial charge in [0.2, 0.25) is 0 Å². The Labute approximate surface area is 193 Å². The highest BCUT2D eigenvalue weighted by Gasteiger charge is 2.32. The Morgan fingerprint density at radius 2 is 1.17 bits per heavy atom. The van der Waals surface area contributed by atoms with E-state index in [-0.39, 0.29) is 24.8 Å². The number of hydrogen-bond acceptors (Lipinski definition) is 0. The molecule has 0 amide bonds. The molecule has 4 heteroatoms. The normalized spacial score (nSPS) is 20.7. The highest BCUT2D eigenvalue weighted by Crippen LogP contribution is 2.29. The second kappa shape index (κ2) is 16.9. The standard InChI is InChI=1S/C14H24N.C11H20N.2ClH/c1-4-9-14-10-7-8-13-15(14,11-5-2)12-6-3;1-3-8-12(9-4-2)10-6-5-7-11-12;;/h5-6,9H,2-4,7-8,10-13H2,1H3;3-4H,1-2,5-11H2;2*1H/q2*+1;;/p-2/b14-9+;;;. The van der Waals surface area contributed by atoms with Crippen molar-refractivity contribution in [3.05, 3.63) is 62.4 Å². The number of rotatable bonds is 9. The molecular formula is C25H44Cl2N2. The minimum absolute atomic E-state index is 0. The third kappa shape index (κ3) is 9.70. The first kappa shape index (κ1) is 30.4. The maximum absolute atomic E-state index is 3.90. The van der Waals surface area contributed by atoms with Gasteiger partial charge in [-0.2, -0.15) is 0 Å². The highest BCUT2D eigenvalue weighted by molar-refractivity contribution is 4.98. The molecule has 0 bridgehead atoms. The number of likely N-dealkylation sites (tertiary alicyclic amines) is 2. The van der Waals surface area contributed by atoms with Crippen LogP contribution >= 0.6 is 0 Å². The first-order chi connectivity index (χ1) is 13.1. The van der Waals surface area contributed by atoms with Crippen molar-refractivity contribution >= 4 is 0 Å². The SMILES string of the molecule is C=CC[N+]1(CC=C)CCCC/C1=C\CC.C=CC[N+]1(CC=C)CCCCC1.[Cl-].[Cl-]. The molecule has 2 saturated heterocycles. The summed E-state index contributed by atoms with van der Waals surface area (Å²) in [4.78, 5) is 0. The van der Waals surface area contributed by atoms with Gasteiger partial charge in [-0.05, 0) is 68.9 Å². The number of nitrogens with zero attached hydrogens (tertiary/aromatic N) is 2. The molecule has 0 N–H and O–H groups in total. The molecule has 2 fully saturated rings. The van der Waals surface area contributed by atoms with E-state index in [1.54, 1.807) is 5.70 Å². The van der Waals surface area contributed by atoms with Gasteiger partial charge in [-0.15, -0.1) is 0 Å². The smallest absolute Gasteiger partial charge is 0.105 e. The van der Waals surface area contributed by atoms with Crippen LogP contribution < -0.4 is 24.8 Å². The second-order valence-electron chi connectivity index (χ2n) is 8.16. The van der Waals surface area contributed by atoms with Gasteiger partial charge in [-0.3, -0.25) is 4.48 Å². The molecule has 0 radical (unpaired) electrons. The predicted octanol–water partition coefficient (Wildman–Crippen LogP) is 0.0201. The average molecular weight is 444 g/mol. The first-order valence-electron chi connectivity index (χ1n) is 11.0. The summed E-state index contributed by atoms with van der Waals surface area (Å²) in [6.07, 6.45) is 19.9. The van der Waals surface area contributed by atoms with E-state index in [2.05, 4.69) is 63.6 Å². The fraction of sp³-hybridized carbons (Fsp3) is 0.600. The highest BCUT2D eigenvalue weighted by atomic mass is 35.5. The number of allylic oxidation sites excluding steroid dienone is 2. The van der Waals surface area contributed by atoms with Crippen LogP contribution in [0.2, 0.25) is 0 Å². The summed E-state index contributed by atoms with van der Waals surface area (Å²) in [5.74, 6) is 0. The molecule has 0 aromatic rings. The molecule has 0 aromatic carbocycles. The van der Waals surface area contributed by atoms with E-state index in [1.807, 2.05) is 0 Å². The van der Waals surface area contributed by atoms with E-state index in [0.29, 0.717) is 0 Å². The summed E-state index contributed by atoms with van der Waals surface area (Å²) in [6.45, 7) is 25.9. The van der Waals surface area contributed by atoms with Gasteiger partial charge in [0, 0.05) is 6.42 Å². The van der Waals surface area contributed by atoms with Gasteiger partial charge in [0.05, 0.1) is 32.7 Å². The van der Waals surface area contributed by atoms with Crippen molar-refractivity contribution in [2.24, 2.45) is 0 Å². The molecule has 2 nitrogen and oxygen atoms in total. The van der Waals surface area contributed by atoms with Gasteiger partial charge < -0.3 is 29.3 Å². The lowest BCUT2D eigenvalue weighted by Crippen LogP contribution is -3.00. The zero-order valence-electron chi connectivity index (χ0n) is 18.8. The molecule has 2 aliphatic heterocycles. The van der Waals surface area contributed by atoms with Crippen LogP contribution in [0.1, 0.15) is 51.9 Å². The van der Waals surface area contributed by atoms with Gasteiger partial charge in [0.15, 0.2) is 0 Å². The molecule has 0 aromatic heterocycles. The zero-order valence-corrected chi connectivity index (χ0v) is 20.3. The molecule has 2 heterocycles. The Hall–Kier alpha value is -0.800. The molecule has 0 atom stereocenters. The Kier molecular flexibility index (Phi) is 17.8. The third-order valence-corrected chi connectivity index (χ3v) is 6.07. The Morgan fingerprint density at radius 1 is 0.690 bits per heavy atom. The van der Waals surface area contributed by atoms with Crippen LogP contribution in [0.25, 0.3) is 0 Å². The van der Waals surface area contributed by atoms with Crippen molar-refractivity contribution in [1.29, 1.82) is 0 Å². The molecule has 168 valence electrons. The van der Waals surface area contributed by atoms with E-state index in [4.69, 9.17) is 0 Å². The summed E-state index contributed by atoms with van der Waals surface area (Å²) >= 11 is 0. The largest absolute Gasteiger partial charge is 1.00 e. The van der Waals surface area contributed by atoms with Crippen LogP contribution in [-0.4, -0.2) is 54.8 Å². The van der Waals surface area contributed by atoms with E-state index in [0.717, 1.165) is 37.1 Å². The molecule has 2 aliphatic rings. The van der Waals surface area contributed by atoms with Crippen LogP contribution in [0.5, 0.6) is 0 Å². The lowest BCUT2D eigenvalue weighted by atomic mass is 10.0. The minimum Gasteiger partial charge on any atom is -1.00 e. The summed E-state index contributed by atoms with van der Waals surface area (Å²) in [6, 6.07) is 0. The van der Waals surface area contributed by atoms with Crippen LogP contribution in [0.15, 0.2) is 62.4 Å². The number of piperidine rings is 2. The summed E-state index contributed by atoms with van der Waals surface area (Å²) in [7, 11) is 0. The molecule has 0 unspecified atom stereocenters. The molecule has 0 spiro atoms. The lowest BCUT2D eigenvalue weighted by Gasteiger charge is -2.41. The molecule has 2 rings (SSSR count). The van der Waals surface area contributed by atoms with Crippen LogP contribution in [0.3, 0.4) is 0 Å². The van der Waals surface area contributed by atoms with Gasteiger partial charge in [-0.1, -0.05) is 33.2 Å². The molecule has 29 heavy (non-hydrogen) atoms. The number of halogens is 2. The Balaban J connectivity index is 0. The van der Waals surface area contributed by atoms with Crippen molar-refractivity contribution in [2.75, 3.05) is 45.8 Å². The predicted molar refractivity (Wildman–Crippen MR) is 121 cm³/mol.